The van der Waals surface area contributed by atoms with Crippen LogP contribution in [0.15, 0.2) is 48.0 Å². The average molecular weight is 366 g/mol. The first-order valence-electron chi connectivity index (χ1n) is 8.05. The molecule has 0 spiro atoms. The predicted molar refractivity (Wildman–Crippen MR) is 99.8 cm³/mol. The van der Waals surface area contributed by atoms with E-state index in [0.717, 1.165) is 0 Å². The number of benzene rings is 2. The molecule has 2 N–H and O–H groups in total. The molecule has 0 radical (unpaired) electrons. The van der Waals surface area contributed by atoms with Crippen LogP contribution in [0.1, 0.15) is 22.8 Å². The van der Waals surface area contributed by atoms with Crippen molar-refractivity contribution in [2.45, 2.75) is 6.92 Å². The summed E-state index contributed by atoms with van der Waals surface area (Å²) in [6.07, 6.45) is 1.32. The van der Waals surface area contributed by atoms with E-state index in [1.54, 1.807) is 30.3 Å². The predicted octanol–water partition coefficient (Wildman–Crippen LogP) is 3.34. The van der Waals surface area contributed by atoms with Crippen LogP contribution in [0.4, 0.5) is 5.69 Å². The smallest absolute Gasteiger partial charge is 0.339 e. The highest BCUT2D eigenvalue weighted by atomic mass is 16.5. The van der Waals surface area contributed by atoms with E-state index in [9.17, 15) is 20.0 Å². The fraction of sp³-hybridized carbons (Fsp3) is 0.150. The highest BCUT2D eigenvalue weighted by molar-refractivity contribution is 6.09. The first kappa shape index (κ1) is 19.5. The number of hydrogen-bond acceptors (Lipinski definition) is 5. The number of carbonyl (C=O) groups excluding carboxylic acids is 1. The van der Waals surface area contributed by atoms with E-state index in [-0.39, 0.29) is 16.9 Å². The minimum atomic E-state index is -1.17. The van der Waals surface area contributed by atoms with Gasteiger partial charge in [-0.1, -0.05) is 6.07 Å². The number of nitrogens with zero attached hydrogens (tertiary/aromatic N) is 1. The summed E-state index contributed by atoms with van der Waals surface area (Å²) in [5, 5.41) is 21.1. The van der Waals surface area contributed by atoms with Gasteiger partial charge in [-0.2, -0.15) is 5.26 Å². The fourth-order valence-electron chi connectivity index (χ4n) is 2.30. The summed E-state index contributed by atoms with van der Waals surface area (Å²) in [7, 11) is 1.36. The lowest BCUT2D eigenvalue weighted by molar-refractivity contribution is -0.112. The van der Waals surface area contributed by atoms with Crippen LogP contribution in [-0.4, -0.2) is 30.7 Å². The lowest BCUT2D eigenvalue weighted by atomic mass is 10.1. The van der Waals surface area contributed by atoms with Crippen molar-refractivity contribution in [3.8, 4) is 17.6 Å². The van der Waals surface area contributed by atoms with E-state index in [1.165, 1.54) is 25.3 Å². The number of amides is 1. The Morgan fingerprint density at radius 3 is 2.48 bits per heavy atom. The Labute approximate surface area is 156 Å². The molecule has 0 aromatic heterocycles. The van der Waals surface area contributed by atoms with Gasteiger partial charge in [0.1, 0.15) is 28.7 Å². The third kappa shape index (κ3) is 5.09. The van der Waals surface area contributed by atoms with Crippen molar-refractivity contribution in [3.05, 3.63) is 59.2 Å². The third-order valence-corrected chi connectivity index (χ3v) is 3.55. The minimum Gasteiger partial charge on any atom is -0.496 e. The number of ether oxygens (including phenoxy) is 2. The minimum absolute atomic E-state index is 0.0598. The Bertz CT molecular complexity index is 911. The van der Waals surface area contributed by atoms with Crippen molar-refractivity contribution in [2.24, 2.45) is 0 Å². The summed E-state index contributed by atoms with van der Waals surface area (Å²) in [6.45, 7) is 2.40. The maximum Gasteiger partial charge on any atom is 0.339 e. The lowest BCUT2D eigenvalue weighted by Crippen LogP contribution is -2.13. The van der Waals surface area contributed by atoms with Gasteiger partial charge in [-0.05, 0) is 55.0 Å². The van der Waals surface area contributed by atoms with Gasteiger partial charge in [0.25, 0.3) is 5.91 Å². The van der Waals surface area contributed by atoms with Gasteiger partial charge in [-0.3, -0.25) is 4.79 Å². The summed E-state index contributed by atoms with van der Waals surface area (Å²) < 4.78 is 10.3. The quantitative estimate of drug-likeness (QED) is 0.575. The van der Waals surface area contributed by atoms with Crippen molar-refractivity contribution in [2.75, 3.05) is 19.0 Å². The Morgan fingerprint density at radius 1 is 1.22 bits per heavy atom. The number of nitriles is 1. The number of hydrogen-bond donors (Lipinski definition) is 2. The maximum absolute atomic E-state index is 12.3. The number of aromatic carboxylic acids is 1. The normalized spacial score (nSPS) is 10.6. The maximum atomic E-state index is 12.3. The van der Waals surface area contributed by atoms with Crippen LogP contribution in [0.3, 0.4) is 0 Å². The monoisotopic (exact) mass is 366 g/mol. The molecule has 138 valence electrons. The summed E-state index contributed by atoms with van der Waals surface area (Å²) in [4.78, 5) is 23.6. The van der Waals surface area contributed by atoms with Crippen LogP contribution >= 0.6 is 0 Å². The molecule has 0 heterocycles. The third-order valence-electron chi connectivity index (χ3n) is 3.55. The zero-order valence-electron chi connectivity index (χ0n) is 14.9. The Hall–Kier alpha value is -3.79. The molecule has 0 aliphatic rings. The van der Waals surface area contributed by atoms with E-state index >= 15 is 0 Å². The van der Waals surface area contributed by atoms with E-state index in [1.807, 2.05) is 13.0 Å². The molecule has 0 fully saturated rings. The summed E-state index contributed by atoms with van der Waals surface area (Å²) in [5.74, 6) is -0.906. The van der Waals surface area contributed by atoms with Crippen molar-refractivity contribution in [1.29, 1.82) is 5.26 Å². The molecule has 0 saturated heterocycles. The first-order chi connectivity index (χ1) is 13.0. The summed E-state index contributed by atoms with van der Waals surface area (Å²) >= 11 is 0. The molecule has 0 aliphatic carbocycles. The van der Waals surface area contributed by atoms with Gasteiger partial charge < -0.3 is 19.9 Å². The molecule has 0 unspecified atom stereocenters. The number of carbonyl (C=O) groups is 2. The van der Waals surface area contributed by atoms with Gasteiger partial charge in [-0.15, -0.1) is 0 Å². The molecule has 2 rings (SSSR count). The van der Waals surface area contributed by atoms with Gasteiger partial charge >= 0.3 is 5.97 Å². The van der Waals surface area contributed by atoms with E-state index in [2.05, 4.69) is 5.32 Å². The number of carboxylic acids is 1. The molecule has 1 amide bonds. The van der Waals surface area contributed by atoms with Crippen LogP contribution in [0.5, 0.6) is 11.5 Å². The van der Waals surface area contributed by atoms with E-state index in [0.29, 0.717) is 23.6 Å². The zero-order valence-corrected chi connectivity index (χ0v) is 14.9. The molecule has 2 aromatic carbocycles. The SMILES string of the molecule is CCOc1ccc(NC(=O)C(C#N)=Cc2ccc(OC)c(C(=O)O)c2)cc1. The first-order valence-corrected chi connectivity index (χ1v) is 8.05. The lowest BCUT2D eigenvalue weighted by Gasteiger charge is -2.07. The van der Waals surface area contributed by atoms with Crippen molar-refractivity contribution in [3.63, 3.8) is 0 Å². The molecule has 7 nitrogen and oxygen atoms in total. The van der Waals surface area contributed by atoms with E-state index in [4.69, 9.17) is 9.47 Å². The molecular weight excluding hydrogens is 348 g/mol. The number of methoxy groups -OCH3 is 1. The molecule has 0 bridgehead atoms. The van der Waals surface area contributed by atoms with Crippen LogP contribution in [0.2, 0.25) is 0 Å². The van der Waals surface area contributed by atoms with Crippen LogP contribution in [-0.2, 0) is 4.79 Å². The fourth-order valence-corrected chi connectivity index (χ4v) is 2.30. The number of nitrogens with one attached hydrogen (secondary N) is 1. The molecule has 27 heavy (non-hydrogen) atoms. The van der Waals surface area contributed by atoms with Gasteiger partial charge in [0.2, 0.25) is 0 Å². The second-order valence-electron chi connectivity index (χ2n) is 5.35. The second-order valence-corrected chi connectivity index (χ2v) is 5.35. The summed E-state index contributed by atoms with van der Waals surface area (Å²) in [6, 6.07) is 12.9. The highest BCUT2D eigenvalue weighted by Crippen LogP contribution is 2.22. The van der Waals surface area contributed by atoms with Crippen LogP contribution < -0.4 is 14.8 Å². The Morgan fingerprint density at radius 2 is 1.93 bits per heavy atom. The number of carboxylic acid groups (broad SMARTS) is 1. The molecular formula is C20H18N2O5. The standard InChI is InChI=1S/C20H18N2O5/c1-3-27-16-7-5-15(6-8-16)22-19(23)14(12-21)10-13-4-9-18(26-2)17(11-13)20(24)25/h4-11H,3H2,1-2H3,(H,22,23)(H,24,25). The topological polar surface area (TPSA) is 109 Å². The van der Waals surface area contributed by atoms with Crippen LogP contribution in [0, 0.1) is 11.3 Å². The largest absolute Gasteiger partial charge is 0.496 e. The van der Waals surface area contributed by atoms with Crippen molar-refractivity contribution >= 4 is 23.6 Å². The van der Waals surface area contributed by atoms with Gasteiger partial charge in [-0.25, -0.2) is 4.79 Å². The van der Waals surface area contributed by atoms with Gasteiger partial charge in [0.05, 0.1) is 13.7 Å². The highest BCUT2D eigenvalue weighted by Gasteiger charge is 2.13. The second kappa shape index (κ2) is 9.06. The molecule has 2 aromatic rings. The number of anilines is 1. The number of rotatable bonds is 7. The molecule has 7 heteroatoms. The molecule has 0 aliphatic heterocycles. The van der Waals surface area contributed by atoms with Crippen LogP contribution in [0.25, 0.3) is 6.08 Å². The van der Waals surface area contributed by atoms with Gasteiger partial charge in [0, 0.05) is 5.69 Å². The zero-order chi connectivity index (χ0) is 19.8. The van der Waals surface area contributed by atoms with Crippen molar-refractivity contribution in [1.82, 2.24) is 0 Å². The molecule has 0 atom stereocenters. The average Bonchev–Trinajstić information content (AvgIpc) is 2.67. The Kier molecular flexibility index (Phi) is 6.55. The Balaban J connectivity index is 2.22. The van der Waals surface area contributed by atoms with E-state index < -0.39 is 11.9 Å². The van der Waals surface area contributed by atoms with Gasteiger partial charge in [0.15, 0.2) is 0 Å². The van der Waals surface area contributed by atoms with Crippen molar-refractivity contribution < 1.29 is 24.2 Å². The summed E-state index contributed by atoms with van der Waals surface area (Å²) in [5.41, 5.74) is 0.679. The molecule has 0 saturated carbocycles.